The third-order valence-electron chi connectivity index (χ3n) is 3.37. The third kappa shape index (κ3) is 3.15. The molecule has 1 saturated heterocycles. The molecule has 19 heavy (non-hydrogen) atoms. The van der Waals surface area contributed by atoms with Gasteiger partial charge in [0.1, 0.15) is 4.88 Å². The van der Waals surface area contributed by atoms with E-state index in [4.69, 9.17) is 9.72 Å². The molecule has 1 aromatic heterocycles. The van der Waals surface area contributed by atoms with Crippen molar-refractivity contribution in [3.05, 3.63) is 15.6 Å². The van der Waals surface area contributed by atoms with Crippen molar-refractivity contribution in [2.45, 2.75) is 44.9 Å². The van der Waals surface area contributed by atoms with Crippen LogP contribution in [0.1, 0.15) is 59.9 Å². The molecular weight excluding hydrogens is 260 g/mol. The molecule has 1 unspecified atom stereocenters. The van der Waals surface area contributed by atoms with E-state index in [1.807, 2.05) is 0 Å². The summed E-state index contributed by atoms with van der Waals surface area (Å²) in [4.78, 5) is 17.3. The number of carbonyl (C=O) groups is 1. The first-order valence-electron chi connectivity index (χ1n) is 6.73. The normalized spacial score (nSPS) is 20.3. The average molecular weight is 282 g/mol. The van der Waals surface area contributed by atoms with Crippen molar-refractivity contribution in [1.82, 2.24) is 10.3 Å². The van der Waals surface area contributed by atoms with Gasteiger partial charge in [-0.15, -0.1) is 11.3 Å². The number of piperidine rings is 1. The van der Waals surface area contributed by atoms with E-state index >= 15 is 0 Å². The van der Waals surface area contributed by atoms with Gasteiger partial charge in [0.2, 0.25) is 0 Å². The lowest BCUT2D eigenvalue weighted by molar-refractivity contribution is 0.0603. The number of methoxy groups -OCH3 is 1. The Hall–Kier alpha value is -0.940. The van der Waals surface area contributed by atoms with Crippen LogP contribution >= 0.6 is 11.3 Å². The molecule has 2 rings (SSSR count). The largest absolute Gasteiger partial charge is 0.465 e. The third-order valence-corrected chi connectivity index (χ3v) is 4.57. The molecule has 0 amide bonds. The summed E-state index contributed by atoms with van der Waals surface area (Å²) in [6.45, 7) is 8.28. The Morgan fingerprint density at radius 3 is 2.74 bits per heavy atom. The molecule has 0 aromatic carbocycles. The van der Waals surface area contributed by atoms with E-state index in [9.17, 15) is 4.79 Å². The highest BCUT2D eigenvalue weighted by molar-refractivity contribution is 7.13. The highest BCUT2D eigenvalue weighted by atomic mass is 32.1. The van der Waals surface area contributed by atoms with Crippen LogP contribution in [-0.4, -0.2) is 31.2 Å². The van der Waals surface area contributed by atoms with E-state index in [0.717, 1.165) is 30.2 Å². The number of nitrogens with one attached hydrogen (secondary N) is 1. The Balaban J connectivity index is 2.36. The lowest BCUT2D eigenvalue weighted by Crippen LogP contribution is -2.28. The summed E-state index contributed by atoms with van der Waals surface area (Å²) >= 11 is 1.50. The summed E-state index contributed by atoms with van der Waals surface area (Å²) in [5.74, 6) is 0.163. The molecule has 0 saturated carbocycles. The smallest absolute Gasteiger partial charge is 0.350 e. The molecule has 0 spiro atoms. The van der Waals surface area contributed by atoms with Gasteiger partial charge in [-0.1, -0.05) is 20.8 Å². The van der Waals surface area contributed by atoms with Crippen LogP contribution in [0.25, 0.3) is 0 Å². The second kappa shape index (κ2) is 5.59. The monoisotopic (exact) mass is 282 g/mol. The minimum atomic E-state index is -0.266. The number of ether oxygens (including phenoxy) is 1. The van der Waals surface area contributed by atoms with Crippen LogP contribution in [0.4, 0.5) is 0 Å². The van der Waals surface area contributed by atoms with Crippen molar-refractivity contribution in [3.8, 4) is 0 Å². The molecule has 0 radical (unpaired) electrons. The molecule has 5 heteroatoms. The molecule has 2 heterocycles. The number of thiazole rings is 1. The number of nitrogens with zero attached hydrogens (tertiary/aromatic N) is 1. The van der Waals surface area contributed by atoms with Crippen LogP contribution in [0.5, 0.6) is 0 Å². The predicted molar refractivity (Wildman–Crippen MR) is 77.0 cm³/mol. The van der Waals surface area contributed by atoms with Crippen molar-refractivity contribution in [3.63, 3.8) is 0 Å². The Kier molecular flexibility index (Phi) is 4.26. The van der Waals surface area contributed by atoms with Crippen molar-refractivity contribution in [2.75, 3.05) is 20.2 Å². The van der Waals surface area contributed by atoms with Crippen LogP contribution in [-0.2, 0) is 10.2 Å². The molecule has 4 nitrogen and oxygen atoms in total. The number of carbonyl (C=O) groups excluding carboxylic acids is 1. The standard InChI is InChI=1S/C14H22N2O2S/c1-14(2,3)11-10(13(17)18-4)19-12(16-11)9-6-5-7-15-8-9/h9,15H,5-8H2,1-4H3. The first-order chi connectivity index (χ1) is 8.93. The van der Waals surface area contributed by atoms with Crippen LogP contribution in [0, 0.1) is 0 Å². The topological polar surface area (TPSA) is 51.2 Å². The number of esters is 1. The van der Waals surface area contributed by atoms with Crippen LogP contribution in [0.2, 0.25) is 0 Å². The molecule has 1 aliphatic rings. The zero-order chi connectivity index (χ0) is 14.0. The van der Waals surface area contributed by atoms with Gasteiger partial charge in [0, 0.05) is 17.9 Å². The maximum Gasteiger partial charge on any atom is 0.350 e. The highest BCUT2D eigenvalue weighted by Crippen LogP contribution is 2.35. The van der Waals surface area contributed by atoms with Crippen molar-refractivity contribution in [1.29, 1.82) is 0 Å². The van der Waals surface area contributed by atoms with Crippen molar-refractivity contribution >= 4 is 17.3 Å². The van der Waals surface area contributed by atoms with Gasteiger partial charge >= 0.3 is 5.97 Å². The molecule has 106 valence electrons. The number of rotatable bonds is 2. The summed E-state index contributed by atoms with van der Waals surface area (Å²) in [6, 6.07) is 0. The van der Waals surface area contributed by atoms with Gasteiger partial charge in [0.15, 0.2) is 0 Å². The molecule has 0 aliphatic carbocycles. The first kappa shape index (κ1) is 14.5. The van der Waals surface area contributed by atoms with E-state index in [0.29, 0.717) is 10.8 Å². The average Bonchev–Trinajstić information content (AvgIpc) is 2.84. The van der Waals surface area contributed by atoms with Crippen LogP contribution in [0.15, 0.2) is 0 Å². The minimum Gasteiger partial charge on any atom is -0.465 e. The Morgan fingerprint density at radius 1 is 1.47 bits per heavy atom. The van der Waals surface area contributed by atoms with Gasteiger partial charge in [0.05, 0.1) is 17.8 Å². The predicted octanol–water partition coefficient (Wildman–Crippen LogP) is 2.69. The first-order valence-corrected chi connectivity index (χ1v) is 7.55. The quantitative estimate of drug-likeness (QED) is 0.847. The van der Waals surface area contributed by atoms with E-state index < -0.39 is 0 Å². The molecule has 0 bridgehead atoms. The molecule has 1 fully saturated rings. The summed E-state index contributed by atoms with van der Waals surface area (Å²) in [6.07, 6.45) is 2.31. The maximum atomic E-state index is 11.9. The summed E-state index contributed by atoms with van der Waals surface area (Å²) in [7, 11) is 1.43. The van der Waals surface area contributed by atoms with Crippen molar-refractivity contribution in [2.24, 2.45) is 0 Å². The van der Waals surface area contributed by atoms with Crippen molar-refractivity contribution < 1.29 is 9.53 Å². The van der Waals surface area contributed by atoms with E-state index in [2.05, 4.69) is 26.1 Å². The zero-order valence-corrected chi connectivity index (χ0v) is 12.9. The highest BCUT2D eigenvalue weighted by Gasteiger charge is 2.30. The lowest BCUT2D eigenvalue weighted by Gasteiger charge is -2.21. The zero-order valence-electron chi connectivity index (χ0n) is 12.1. The second-order valence-corrected chi connectivity index (χ2v) is 7.05. The van der Waals surface area contributed by atoms with E-state index in [-0.39, 0.29) is 11.4 Å². The second-order valence-electron chi connectivity index (χ2n) is 6.01. The fraction of sp³-hybridized carbons (Fsp3) is 0.714. The SMILES string of the molecule is COC(=O)c1sc(C2CCCNC2)nc1C(C)(C)C. The number of hydrogen-bond donors (Lipinski definition) is 1. The fourth-order valence-electron chi connectivity index (χ4n) is 2.31. The van der Waals surface area contributed by atoms with Crippen LogP contribution < -0.4 is 5.32 Å². The van der Waals surface area contributed by atoms with Gasteiger partial charge in [-0.05, 0) is 19.4 Å². The van der Waals surface area contributed by atoms with Gasteiger partial charge < -0.3 is 10.1 Å². The van der Waals surface area contributed by atoms with E-state index in [1.165, 1.54) is 24.9 Å². The minimum absolute atomic E-state index is 0.139. The molecule has 1 atom stereocenters. The molecule has 1 N–H and O–H groups in total. The van der Waals surface area contributed by atoms with Gasteiger partial charge in [0.25, 0.3) is 0 Å². The van der Waals surface area contributed by atoms with Gasteiger partial charge in [-0.25, -0.2) is 9.78 Å². The Bertz CT molecular complexity index is 457. The Morgan fingerprint density at radius 2 is 2.21 bits per heavy atom. The fourth-order valence-corrected chi connectivity index (χ4v) is 3.64. The number of aromatic nitrogens is 1. The molecular formula is C14H22N2O2S. The van der Waals surface area contributed by atoms with Gasteiger partial charge in [-0.3, -0.25) is 0 Å². The van der Waals surface area contributed by atoms with Crippen LogP contribution in [0.3, 0.4) is 0 Å². The summed E-state index contributed by atoms with van der Waals surface area (Å²) in [5.41, 5.74) is 0.727. The molecule has 1 aliphatic heterocycles. The van der Waals surface area contributed by atoms with E-state index in [1.54, 1.807) is 0 Å². The summed E-state index contributed by atoms with van der Waals surface area (Å²) in [5, 5.41) is 4.46. The Labute approximate surface area is 118 Å². The lowest BCUT2D eigenvalue weighted by atomic mass is 9.91. The molecule has 1 aromatic rings. The maximum absolute atomic E-state index is 11.9. The van der Waals surface area contributed by atoms with Gasteiger partial charge in [-0.2, -0.15) is 0 Å². The summed E-state index contributed by atoms with van der Waals surface area (Å²) < 4.78 is 4.89. The number of hydrogen-bond acceptors (Lipinski definition) is 5.